The molecule has 0 bridgehead atoms. The van der Waals surface area contributed by atoms with Gasteiger partial charge in [0, 0.05) is 0 Å². The van der Waals surface area contributed by atoms with Gasteiger partial charge >= 0.3 is 30.2 Å². The van der Waals surface area contributed by atoms with Crippen LogP contribution in [0.2, 0.25) is 5.02 Å². The minimum absolute atomic E-state index is 0.763. The van der Waals surface area contributed by atoms with Gasteiger partial charge in [-0.2, -0.15) is 42.5 Å². The number of halogens is 1. The van der Waals surface area contributed by atoms with Gasteiger partial charge in [-0.3, -0.25) is 0 Å². The Kier molecular flexibility index (Phi) is 11.7. The number of rotatable bonds is 2. The van der Waals surface area contributed by atoms with Gasteiger partial charge in [-0.1, -0.05) is 103 Å². The molecular weight excluding hydrogens is 611 g/mol. The summed E-state index contributed by atoms with van der Waals surface area (Å²) >= 11 is 6.88. The summed E-state index contributed by atoms with van der Waals surface area (Å²) in [5, 5.41) is 6.13. The van der Waals surface area contributed by atoms with Crippen LogP contribution in [0, 0.1) is 19.9 Å². The van der Waals surface area contributed by atoms with Gasteiger partial charge in [-0.25, -0.2) is 0 Å². The second kappa shape index (κ2) is 15.6. The Labute approximate surface area is 265 Å². The van der Waals surface area contributed by atoms with Gasteiger partial charge < -0.3 is 0 Å². The van der Waals surface area contributed by atoms with Crippen molar-refractivity contribution >= 4 is 40.0 Å². The SMILES string of the molecule is Cc1cc2c(-c3ccccc3)cccc2[cH-]1.Cc1cc2c(-c3ccccc3)cccc2[cH-]1.Clc1cc[c-]cc1.[Si]=[Zr]. The second-order valence-corrected chi connectivity index (χ2v) is 10.1. The monoisotopic (exact) mass is 639 g/mol. The Morgan fingerprint density at radius 1 is 0.561 bits per heavy atom. The van der Waals surface area contributed by atoms with Crippen molar-refractivity contribution in [1.82, 2.24) is 0 Å². The molecule has 0 spiro atoms. The van der Waals surface area contributed by atoms with Crippen molar-refractivity contribution in [3.05, 3.63) is 168 Å². The van der Waals surface area contributed by atoms with E-state index in [1.165, 1.54) is 78.3 Å². The van der Waals surface area contributed by atoms with Crippen molar-refractivity contribution in [2.45, 2.75) is 13.8 Å². The summed E-state index contributed by atoms with van der Waals surface area (Å²) in [6.07, 6.45) is 0. The molecule has 0 amide bonds. The van der Waals surface area contributed by atoms with Crippen molar-refractivity contribution in [2.75, 3.05) is 0 Å². The van der Waals surface area contributed by atoms with Crippen LogP contribution >= 0.6 is 11.6 Å². The van der Waals surface area contributed by atoms with Gasteiger partial charge in [-0.15, -0.1) is 80.7 Å². The summed E-state index contributed by atoms with van der Waals surface area (Å²) in [5.74, 6) is 0. The van der Waals surface area contributed by atoms with E-state index in [1.807, 2.05) is 0 Å². The molecular formula is C38H30ClSiZr-3. The fraction of sp³-hybridized carbons (Fsp3) is 0.0526. The first kappa shape index (κ1) is 30.7. The van der Waals surface area contributed by atoms with Crippen LogP contribution in [-0.2, 0) is 23.3 Å². The van der Waals surface area contributed by atoms with Gasteiger partial charge in [0.25, 0.3) is 0 Å². The average molecular weight is 641 g/mol. The Bertz CT molecular complexity index is 1670. The standard InChI is InChI=1S/2C16H13.C6H4Cl.Si.Zr/c2*1-12-10-14-8-5-9-15(16(14)11-12)13-6-3-2-4-7-13;7-6-4-2-1-3-5-6;;/h2*2-11H,1H3;2-5H;;/q3*-1;;. The number of hydrogen-bond donors (Lipinski definition) is 0. The van der Waals surface area contributed by atoms with Gasteiger partial charge in [0.2, 0.25) is 0 Å². The molecule has 0 saturated heterocycles. The van der Waals surface area contributed by atoms with Crippen LogP contribution in [0.4, 0.5) is 0 Å². The van der Waals surface area contributed by atoms with E-state index in [1.54, 1.807) is 24.3 Å². The van der Waals surface area contributed by atoms with Crippen LogP contribution < -0.4 is 0 Å². The Morgan fingerprint density at radius 2 is 0.976 bits per heavy atom. The summed E-state index contributed by atoms with van der Waals surface area (Å²) in [6, 6.07) is 53.1. The van der Waals surface area contributed by atoms with Gasteiger partial charge in [0.15, 0.2) is 0 Å². The molecule has 2 radical (unpaired) electrons. The molecule has 7 aromatic rings. The van der Waals surface area contributed by atoms with E-state index in [4.69, 9.17) is 11.6 Å². The van der Waals surface area contributed by atoms with E-state index < -0.39 is 0 Å². The van der Waals surface area contributed by atoms with Crippen LogP contribution in [0.3, 0.4) is 0 Å². The Balaban J connectivity index is 0.000000147. The van der Waals surface area contributed by atoms with Crippen LogP contribution in [-0.4, -0.2) is 6.88 Å². The predicted molar refractivity (Wildman–Crippen MR) is 175 cm³/mol. The molecule has 41 heavy (non-hydrogen) atoms. The first-order valence-corrected chi connectivity index (χ1v) is 17.9. The zero-order chi connectivity index (χ0) is 29.0. The molecule has 0 aromatic heterocycles. The summed E-state index contributed by atoms with van der Waals surface area (Å²) < 4.78 is 0. The molecule has 0 aliphatic heterocycles. The number of fused-ring (bicyclic) bond motifs is 2. The molecule has 7 aromatic carbocycles. The third-order valence-electron chi connectivity index (χ3n) is 6.64. The Morgan fingerprint density at radius 3 is 1.34 bits per heavy atom. The normalized spacial score (nSPS) is 10.0. The molecule has 3 heteroatoms. The molecule has 0 heterocycles. The zero-order valence-electron chi connectivity index (χ0n) is 23.2. The Hall–Kier alpha value is -3.29. The van der Waals surface area contributed by atoms with Gasteiger partial charge in [-0.05, 0) is 11.1 Å². The van der Waals surface area contributed by atoms with Crippen LogP contribution in [0.1, 0.15) is 11.1 Å². The first-order chi connectivity index (χ1) is 20.1. The second-order valence-electron chi connectivity index (χ2n) is 9.63. The third kappa shape index (κ3) is 8.37. The van der Waals surface area contributed by atoms with Crippen molar-refractivity contribution in [1.29, 1.82) is 0 Å². The van der Waals surface area contributed by atoms with E-state index in [9.17, 15) is 0 Å². The molecule has 0 aliphatic carbocycles. The van der Waals surface area contributed by atoms with Crippen molar-refractivity contribution in [2.24, 2.45) is 0 Å². The maximum absolute atomic E-state index is 5.52. The van der Waals surface area contributed by atoms with Crippen molar-refractivity contribution in [3.8, 4) is 22.3 Å². The summed E-state index contributed by atoms with van der Waals surface area (Å²) in [6.45, 7) is 7.36. The molecule has 0 atom stereocenters. The number of benzene rings is 5. The molecule has 0 saturated carbocycles. The summed E-state index contributed by atoms with van der Waals surface area (Å²) in [5.41, 5.74) is 7.89. The number of hydrogen-bond acceptors (Lipinski definition) is 0. The minimum atomic E-state index is 0.763. The third-order valence-corrected chi connectivity index (χ3v) is 6.89. The molecule has 0 unspecified atom stereocenters. The number of aryl methyl sites for hydroxylation is 2. The molecule has 0 fully saturated rings. The van der Waals surface area contributed by atoms with Crippen LogP contribution in [0.25, 0.3) is 43.8 Å². The van der Waals surface area contributed by atoms with E-state index in [-0.39, 0.29) is 0 Å². The summed E-state index contributed by atoms with van der Waals surface area (Å²) in [4.78, 5) is 0. The molecule has 200 valence electrons. The van der Waals surface area contributed by atoms with Gasteiger partial charge in [0.1, 0.15) is 0 Å². The van der Waals surface area contributed by atoms with Crippen LogP contribution in [0.15, 0.2) is 146 Å². The zero-order valence-corrected chi connectivity index (χ0v) is 27.4. The quantitative estimate of drug-likeness (QED) is 0.130. The van der Waals surface area contributed by atoms with Crippen LogP contribution in [0.5, 0.6) is 0 Å². The molecule has 0 N–H and O–H groups in total. The van der Waals surface area contributed by atoms with E-state index >= 15 is 0 Å². The fourth-order valence-corrected chi connectivity index (χ4v) is 5.00. The maximum atomic E-state index is 5.52. The van der Waals surface area contributed by atoms with E-state index in [2.05, 4.69) is 148 Å². The summed E-state index contributed by atoms with van der Waals surface area (Å²) in [7, 11) is 0. The van der Waals surface area contributed by atoms with Crippen molar-refractivity contribution in [3.63, 3.8) is 0 Å². The fourth-order valence-electron chi connectivity index (χ4n) is 4.87. The first-order valence-electron chi connectivity index (χ1n) is 13.4. The van der Waals surface area contributed by atoms with Crippen molar-refractivity contribution < 1.29 is 23.3 Å². The van der Waals surface area contributed by atoms with E-state index in [0.717, 1.165) is 5.02 Å². The van der Waals surface area contributed by atoms with E-state index in [0.29, 0.717) is 0 Å². The topological polar surface area (TPSA) is 0 Å². The molecule has 0 aliphatic rings. The van der Waals surface area contributed by atoms with Gasteiger partial charge in [0.05, 0.1) is 0 Å². The predicted octanol–water partition coefficient (Wildman–Crippen LogP) is 10.8. The molecule has 7 rings (SSSR count). The average Bonchev–Trinajstić information content (AvgIpc) is 3.60. The molecule has 0 nitrogen and oxygen atoms in total.